The summed E-state index contributed by atoms with van der Waals surface area (Å²) in [6.07, 6.45) is 0.978. The van der Waals surface area contributed by atoms with E-state index in [2.05, 4.69) is 36.5 Å². The van der Waals surface area contributed by atoms with Crippen molar-refractivity contribution in [1.29, 1.82) is 0 Å². The predicted octanol–water partition coefficient (Wildman–Crippen LogP) is 3.33. The van der Waals surface area contributed by atoms with Crippen LogP contribution in [0.3, 0.4) is 0 Å². The van der Waals surface area contributed by atoms with Crippen LogP contribution < -0.4 is 15.8 Å². The lowest BCUT2D eigenvalue weighted by Crippen LogP contribution is -2.08. The summed E-state index contributed by atoms with van der Waals surface area (Å²) in [6.45, 7) is 4.30. The number of ether oxygens (including phenoxy) is 1. The van der Waals surface area contributed by atoms with Crippen LogP contribution in [0.2, 0.25) is 0 Å². The van der Waals surface area contributed by atoms with Crippen molar-refractivity contribution in [2.45, 2.75) is 20.0 Å². The molecule has 0 atom stereocenters. The molecule has 0 fully saturated rings. The van der Waals surface area contributed by atoms with E-state index in [1.165, 1.54) is 11.1 Å². The summed E-state index contributed by atoms with van der Waals surface area (Å²) in [5.74, 6) is 0.884. The van der Waals surface area contributed by atoms with E-state index in [1.54, 1.807) is 0 Å². The number of anilines is 1. The molecule has 0 unspecified atom stereocenters. The van der Waals surface area contributed by atoms with Crippen molar-refractivity contribution in [3.05, 3.63) is 59.7 Å². The maximum Gasteiger partial charge on any atom is 0.119 e. The molecule has 3 N–H and O–H groups in total. The third kappa shape index (κ3) is 4.59. The smallest absolute Gasteiger partial charge is 0.119 e. The van der Waals surface area contributed by atoms with Gasteiger partial charge in [0, 0.05) is 12.2 Å². The van der Waals surface area contributed by atoms with Gasteiger partial charge in [0.2, 0.25) is 0 Å². The molecule has 0 bridgehead atoms. The van der Waals surface area contributed by atoms with Crippen molar-refractivity contribution < 1.29 is 4.74 Å². The van der Waals surface area contributed by atoms with Crippen molar-refractivity contribution in [3.8, 4) is 5.75 Å². The molecule has 0 aliphatic rings. The van der Waals surface area contributed by atoms with Gasteiger partial charge in [0.1, 0.15) is 12.4 Å². The standard InChI is InChI=1S/C17H22N2O/c1-14-3-5-15(6-4-14)13-20-17-9-7-16(8-10-17)19-12-2-11-18/h3-10,19H,2,11-13,18H2,1H3. The topological polar surface area (TPSA) is 47.3 Å². The van der Waals surface area contributed by atoms with Crippen molar-refractivity contribution in [3.63, 3.8) is 0 Å². The molecule has 106 valence electrons. The van der Waals surface area contributed by atoms with E-state index in [4.69, 9.17) is 10.5 Å². The normalized spacial score (nSPS) is 10.3. The lowest BCUT2D eigenvalue weighted by Gasteiger charge is -2.09. The molecule has 0 saturated heterocycles. The van der Waals surface area contributed by atoms with E-state index >= 15 is 0 Å². The van der Waals surface area contributed by atoms with Crippen LogP contribution in [-0.2, 0) is 6.61 Å². The average molecular weight is 270 g/mol. The summed E-state index contributed by atoms with van der Waals surface area (Å²) in [5, 5.41) is 3.32. The summed E-state index contributed by atoms with van der Waals surface area (Å²) >= 11 is 0. The Hall–Kier alpha value is -2.00. The molecule has 2 rings (SSSR count). The fourth-order valence-corrected chi connectivity index (χ4v) is 1.85. The molecule has 3 nitrogen and oxygen atoms in total. The van der Waals surface area contributed by atoms with Crippen LogP contribution in [-0.4, -0.2) is 13.1 Å². The predicted molar refractivity (Wildman–Crippen MR) is 84.1 cm³/mol. The SMILES string of the molecule is Cc1ccc(COc2ccc(NCCCN)cc2)cc1. The minimum absolute atomic E-state index is 0.597. The molecule has 3 heteroatoms. The van der Waals surface area contributed by atoms with Gasteiger partial charge in [-0.15, -0.1) is 0 Å². The highest BCUT2D eigenvalue weighted by Crippen LogP contribution is 2.17. The summed E-state index contributed by atoms with van der Waals surface area (Å²) in [6, 6.07) is 16.4. The summed E-state index contributed by atoms with van der Waals surface area (Å²) in [5.41, 5.74) is 9.01. The monoisotopic (exact) mass is 270 g/mol. The first kappa shape index (κ1) is 14.4. The molecule has 0 radical (unpaired) electrons. The van der Waals surface area contributed by atoms with Crippen LogP contribution >= 0.6 is 0 Å². The lowest BCUT2D eigenvalue weighted by molar-refractivity contribution is 0.306. The first-order valence-electron chi connectivity index (χ1n) is 7.00. The van der Waals surface area contributed by atoms with Gasteiger partial charge in [0.25, 0.3) is 0 Å². The number of hydrogen-bond donors (Lipinski definition) is 2. The summed E-state index contributed by atoms with van der Waals surface area (Å²) in [4.78, 5) is 0. The van der Waals surface area contributed by atoms with E-state index in [1.807, 2.05) is 24.3 Å². The molecule has 2 aromatic carbocycles. The van der Waals surface area contributed by atoms with Crippen LogP contribution in [0.4, 0.5) is 5.69 Å². The Balaban J connectivity index is 1.82. The second-order valence-electron chi connectivity index (χ2n) is 4.87. The van der Waals surface area contributed by atoms with Gasteiger partial charge in [-0.2, -0.15) is 0 Å². The molecule has 0 aliphatic heterocycles. The fourth-order valence-electron chi connectivity index (χ4n) is 1.85. The minimum Gasteiger partial charge on any atom is -0.489 e. The van der Waals surface area contributed by atoms with Crippen molar-refractivity contribution in [2.75, 3.05) is 18.4 Å². The van der Waals surface area contributed by atoms with Gasteiger partial charge in [0.05, 0.1) is 0 Å². The Bertz CT molecular complexity index is 506. The number of nitrogens with two attached hydrogens (primary N) is 1. The van der Waals surface area contributed by atoms with E-state index in [0.29, 0.717) is 13.2 Å². The Labute approximate surface area is 120 Å². The Morgan fingerprint density at radius 1 is 1.00 bits per heavy atom. The molecular formula is C17H22N2O. The van der Waals surface area contributed by atoms with Gasteiger partial charge in [-0.25, -0.2) is 0 Å². The Morgan fingerprint density at radius 2 is 1.70 bits per heavy atom. The zero-order chi connectivity index (χ0) is 14.2. The average Bonchev–Trinajstić information content (AvgIpc) is 2.48. The molecular weight excluding hydrogens is 248 g/mol. The Morgan fingerprint density at radius 3 is 2.35 bits per heavy atom. The highest BCUT2D eigenvalue weighted by Gasteiger charge is 1.97. The quantitative estimate of drug-likeness (QED) is 0.759. The number of benzene rings is 2. The molecule has 0 amide bonds. The van der Waals surface area contributed by atoms with Gasteiger partial charge >= 0.3 is 0 Å². The van der Waals surface area contributed by atoms with Crippen molar-refractivity contribution >= 4 is 5.69 Å². The second kappa shape index (κ2) is 7.56. The highest BCUT2D eigenvalue weighted by atomic mass is 16.5. The zero-order valence-electron chi connectivity index (χ0n) is 11.9. The van der Waals surface area contributed by atoms with Crippen LogP contribution in [0.5, 0.6) is 5.75 Å². The van der Waals surface area contributed by atoms with Crippen LogP contribution in [0.1, 0.15) is 17.5 Å². The lowest BCUT2D eigenvalue weighted by atomic mass is 10.2. The zero-order valence-corrected chi connectivity index (χ0v) is 11.9. The van der Waals surface area contributed by atoms with Gasteiger partial charge in [-0.1, -0.05) is 29.8 Å². The molecule has 20 heavy (non-hydrogen) atoms. The fraction of sp³-hybridized carbons (Fsp3) is 0.294. The van der Waals surface area contributed by atoms with E-state index in [-0.39, 0.29) is 0 Å². The largest absolute Gasteiger partial charge is 0.489 e. The number of nitrogens with one attached hydrogen (secondary N) is 1. The summed E-state index contributed by atoms with van der Waals surface area (Å²) in [7, 11) is 0. The van der Waals surface area contributed by atoms with E-state index in [0.717, 1.165) is 24.4 Å². The Kier molecular flexibility index (Phi) is 5.44. The molecule has 0 aliphatic carbocycles. The van der Waals surface area contributed by atoms with E-state index in [9.17, 15) is 0 Å². The third-order valence-electron chi connectivity index (χ3n) is 3.09. The summed E-state index contributed by atoms with van der Waals surface area (Å²) < 4.78 is 5.76. The molecule has 2 aromatic rings. The van der Waals surface area contributed by atoms with Gasteiger partial charge in [0.15, 0.2) is 0 Å². The first-order valence-corrected chi connectivity index (χ1v) is 7.00. The van der Waals surface area contributed by atoms with Gasteiger partial charge < -0.3 is 15.8 Å². The van der Waals surface area contributed by atoms with Gasteiger partial charge in [-0.3, -0.25) is 0 Å². The van der Waals surface area contributed by atoms with Crippen LogP contribution in [0, 0.1) is 6.92 Å². The van der Waals surface area contributed by atoms with Crippen LogP contribution in [0.25, 0.3) is 0 Å². The van der Waals surface area contributed by atoms with E-state index < -0.39 is 0 Å². The molecule has 0 aromatic heterocycles. The van der Waals surface area contributed by atoms with Crippen LogP contribution in [0.15, 0.2) is 48.5 Å². The highest BCUT2D eigenvalue weighted by molar-refractivity contribution is 5.46. The molecule has 0 heterocycles. The molecule has 0 spiro atoms. The minimum atomic E-state index is 0.597. The third-order valence-corrected chi connectivity index (χ3v) is 3.09. The number of hydrogen-bond acceptors (Lipinski definition) is 3. The molecule has 0 saturated carbocycles. The first-order chi connectivity index (χ1) is 9.78. The van der Waals surface area contributed by atoms with Crippen molar-refractivity contribution in [2.24, 2.45) is 5.73 Å². The second-order valence-corrected chi connectivity index (χ2v) is 4.87. The number of rotatable bonds is 7. The van der Waals surface area contributed by atoms with Crippen molar-refractivity contribution in [1.82, 2.24) is 0 Å². The van der Waals surface area contributed by atoms with Gasteiger partial charge in [-0.05, 0) is 49.7 Å². The maximum atomic E-state index is 5.76. The number of aryl methyl sites for hydroxylation is 1. The maximum absolute atomic E-state index is 5.76.